The van der Waals surface area contributed by atoms with Crippen molar-refractivity contribution in [2.24, 2.45) is 5.73 Å². The van der Waals surface area contributed by atoms with Crippen LogP contribution in [-0.4, -0.2) is 12.2 Å². The molecule has 0 aliphatic rings. The van der Waals surface area contributed by atoms with E-state index in [-0.39, 0.29) is 24.0 Å². The van der Waals surface area contributed by atoms with E-state index in [1.807, 2.05) is 51.1 Å². The summed E-state index contributed by atoms with van der Waals surface area (Å²) in [5, 5.41) is 0. The molecule has 0 heterocycles. The van der Waals surface area contributed by atoms with Gasteiger partial charge in [-0.2, -0.15) is 0 Å². The van der Waals surface area contributed by atoms with Crippen LogP contribution in [0.4, 0.5) is 0 Å². The molecule has 1 aromatic carbocycles. The Balaban J connectivity index is 0.00000196. The minimum Gasteiger partial charge on any atom is -0.374 e. The number of benzene rings is 1. The van der Waals surface area contributed by atoms with E-state index in [2.05, 4.69) is 0 Å². The molecule has 0 bridgehead atoms. The molecule has 15 heavy (non-hydrogen) atoms. The summed E-state index contributed by atoms with van der Waals surface area (Å²) in [6.07, 6.45) is 0. The molecule has 0 radical (unpaired) electrons. The number of hydrogen-bond donors (Lipinski definition) is 1. The highest BCUT2D eigenvalue weighted by atomic mass is 35.5. The van der Waals surface area contributed by atoms with Gasteiger partial charge in [-0.3, -0.25) is 0 Å². The fourth-order valence-corrected chi connectivity index (χ4v) is 1.14. The van der Waals surface area contributed by atoms with Gasteiger partial charge in [0.2, 0.25) is 0 Å². The lowest BCUT2D eigenvalue weighted by Gasteiger charge is -2.22. The first-order valence-electron chi connectivity index (χ1n) is 4.93. The standard InChI is InChI=1S/C12H19NO.ClH/c1-12(2,3)14-9-11(13)10-7-5-4-6-8-10;/h4-8,11H,9,13H2,1-3H3;1H/t11-;/m1./s1. The van der Waals surface area contributed by atoms with Crippen LogP contribution in [0.2, 0.25) is 0 Å². The fourth-order valence-electron chi connectivity index (χ4n) is 1.14. The van der Waals surface area contributed by atoms with Gasteiger partial charge >= 0.3 is 0 Å². The summed E-state index contributed by atoms with van der Waals surface area (Å²) in [5.41, 5.74) is 6.98. The Morgan fingerprint density at radius 3 is 2.20 bits per heavy atom. The van der Waals surface area contributed by atoms with Crippen molar-refractivity contribution >= 4 is 12.4 Å². The zero-order valence-electron chi connectivity index (χ0n) is 9.57. The quantitative estimate of drug-likeness (QED) is 0.865. The molecule has 1 atom stereocenters. The number of hydrogen-bond acceptors (Lipinski definition) is 2. The summed E-state index contributed by atoms with van der Waals surface area (Å²) in [6, 6.07) is 9.99. The van der Waals surface area contributed by atoms with Crippen molar-refractivity contribution in [2.75, 3.05) is 6.61 Å². The van der Waals surface area contributed by atoms with Gasteiger partial charge in [0.25, 0.3) is 0 Å². The van der Waals surface area contributed by atoms with Crippen LogP contribution in [0, 0.1) is 0 Å². The monoisotopic (exact) mass is 229 g/mol. The SMILES string of the molecule is CC(C)(C)OC[C@@H](N)c1ccccc1.Cl. The van der Waals surface area contributed by atoms with Crippen LogP contribution >= 0.6 is 12.4 Å². The molecule has 3 heteroatoms. The summed E-state index contributed by atoms with van der Waals surface area (Å²) < 4.78 is 5.62. The molecule has 0 aromatic heterocycles. The summed E-state index contributed by atoms with van der Waals surface area (Å²) in [4.78, 5) is 0. The first kappa shape index (κ1) is 14.4. The van der Waals surface area contributed by atoms with Crippen molar-refractivity contribution in [3.63, 3.8) is 0 Å². The van der Waals surface area contributed by atoms with Gasteiger partial charge in [-0.15, -0.1) is 12.4 Å². The Kier molecular flexibility index (Phi) is 5.88. The van der Waals surface area contributed by atoms with Crippen LogP contribution in [0.3, 0.4) is 0 Å². The molecular formula is C12H20ClNO. The first-order valence-corrected chi connectivity index (χ1v) is 4.93. The van der Waals surface area contributed by atoms with Crippen LogP contribution < -0.4 is 5.73 Å². The van der Waals surface area contributed by atoms with Crippen molar-refractivity contribution in [1.82, 2.24) is 0 Å². The summed E-state index contributed by atoms with van der Waals surface area (Å²) >= 11 is 0. The van der Waals surface area contributed by atoms with E-state index in [4.69, 9.17) is 10.5 Å². The summed E-state index contributed by atoms with van der Waals surface area (Å²) in [6.45, 7) is 6.66. The second-order valence-corrected chi connectivity index (χ2v) is 4.44. The van der Waals surface area contributed by atoms with E-state index >= 15 is 0 Å². The van der Waals surface area contributed by atoms with Gasteiger partial charge in [-0.1, -0.05) is 30.3 Å². The van der Waals surface area contributed by atoms with Gasteiger partial charge in [0.15, 0.2) is 0 Å². The third-order valence-electron chi connectivity index (χ3n) is 1.92. The van der Waals surface area contributed by atoms with Gasteiger partial charge < -0.3 is 10.5 Å². The van der Waals surface area contributed by atoms with Crippen LogP contribution in [-0.2, 0) is 4.74 Å². The highest BCUT2D eigenvalue weighted by Gasteiger charge is 2.13. The maximum absolute atomic E-state index is 5.98. The van der Waals surface area contributed by atoms with Crippen LogP contribution in [0.25, 0.3) is 0 Å². The minimum absolute atomic E-state index is 0. The van der Waals surface area contributed by atoms with Gasteiger partial charge in [0, 0.05) is 0 Å². The van der Waals surface area contributed by atoms with E-state index in [0.29, 0.717) is 6.61 Å². The van der Waals surface area contributed by atoms with Gasteiger partial charge in [-0.25, -0.2) is 0 Å². The molecule has 0 fully saturated rings. The molecular weight excluding hydrogens is 210 g/mol. The molecule has 1 aromatic rings. The molecule has 0 spiro atoms. The lowest BCUT2D eigenvalue weighted by atomic mass is 10.1. The largest absolute Gasteiger partial charge is 0.374 e. The highest BCUT2D eigenvalue weighted by Crippen LogP contribution is 2.14. The Labute approximate surface area is 98.2 Å². The smallest absolute Gasteiger partial charge is 0.0666 e. The molecule has 0 amide bonds. The van der Waals surface area contributed by atoms with Gasteiger partial charge in [0.05, 0.1) is 18.2 Å². The fraction of sp³-hybridized carbons (Fsp3) is 0.500. The molecule has 86 valence electrons. The van der Waals surface area contributed by atoms with Crippen molar-refractivity contribution in [2.45, 2.75) is 32.4 Å². The Hall–Kier alpha value is -0.570. The summed E-state index contributed by atoms with van der Waals surface area (Å²) in [7, 11) is 0. The molecule has 1 rings (SSSR count). The Morgan fingerprint density at radius 2 is 1.73 bits per heavy atom. The molecule has 2 nitrogen and oxygen atoms in total. The van der Waals surface area contributed by atoms with E-state index in [9.17, 15) is 0 Å². The van der Waals surface area contributed by atoms with Gasteiger partial charge in [-0.05, 0) is 26.3 Å². The zero-order chi connectivity index (χ0) is 10.6. The molecule has 0 unspecified atom stereocenters. The average molecular weight is 230 g/mol. The Morgan fingerprint density at radius 1 is 1.20 bits per heavy atom. The third-order valence-corrected chi connectivity index (χ3v) is 1.92. The second-order valence-electron chi connectivity index (χ2n) is 4.44. The maximum atomic E-state index is 5.98. The molecule has 2 N–H and O–H groups in total. The number of nitrogens with two attached hydrogens (primary N) is 1. The number of halogens is 1. The average Bonchev–Trinajstić information content (AvgIpc) is 2.14. The van der Waals surface area contributed by atoms with Crippen molar-refractivity contribution < 1.29 is 4.74 Å². The Bertz CT molecular complexity index is 269. The van der Waals surface area contributed by atoms with E-state index in [1.54, 1.807) is 0 Å². The zero-order valence-corrected chi connectivity index (χ0v) is 10.4. The predicted molar refractivity (Wildman–Crippen MR) is 66.3 cm³/mol. The second kappa shape index (κ2) is 6.11. The number of rotatable bonds is 3. The van der Waals surface area contributed by atoms with Crippen LogP contribution in [0.15, 0.2) is 30.3 Å². The minimum atomic E-state index is -0.119. The van der Waals surface area contributed by atoms with Crippen LogP contribution in [0.1, 0.15) is 32.4 Å². The molecule has 0 aliphatic heterocycles. The van der Waals surface area contributed by atoms with Crippen molar-refractivity contribution in [3.8, 4) is 0 Å². The van der Waals surface area contributed by atoms with Crippen molar-refractivity contribution in [3.05, 3.63) is 35.9 Å². The van der Waals surface area contributed by atoms with E-state index in [1.165, 1.54) is 0 Å². The maximum Gasteiger partial charge on any atom is 0.0666 e. The van der Waals surface area contributed by atoms with Gasteiger partial charge in [0.1, 0.15) is 0 Å². The normalized spacial score (nSPS) is 13.1. The first-order chi connectivity index (χ1) is 6.49. The lowest BCUT2D eigenvalue weighted by molar-refractivity contribution is -0.0102. The third kappa shape index (κ3) is 5.78. The van der Waals surface area contributed by atoms with Crippen molar-refractivity contribution in [1.29, 1.82) is 0 Å². The highest BCUT2D eigenvalue weighted by molar-refractivity contribution is 5.85. The van der Waals surface area contributed by atoms with E-state index < -0.39 is 0 Å². The molecule has 0 saturated heterocycles. The van der Waals surface area contributed by atoms with Crippen LogP contribution in [0.5, 0.6) is 0 Å². The predicted octanol–water partition coefficient (Wildman–Crippen LogP) is 2.92. The number of ether oxygens (including phenoxy) is 1. The summed E-state index contributed by atoms with van der Waals surface area (Å²) in [5.74, 6) is 0. The molecule has 0 aliphatic carbocycles. The molecule has 0 saturated carbocycles. The van der Waals surface area contributed by atoms with E-state index in [0.717, 1.165) is 5.56 Å². The topological polar surface area (TPSA) is 35.2 Å². The lowest BCUT2D eigenvalue weighted by Crippen LogP contribution is -2.26.